The molecule has 0 aliphatic carbocycles. The maximum Gasteiger partial charge on any atom is 0.118 e. The molecule has 0 bridgehead atoms. The predicted molar refractivity (Wildman–Crippen MR) is 76.1 cm³/mol. The van der Waals surface area contributed by atoms with Crippen molar-refractivity contribution in [2.45, 2.75) is 40.0 Å². The van der Waals surface area contributed by atoms with Crippen molar-refractivity contribution in [1.29, 1.82) is 0 Å². The lowest BCUT2D eigenvalue weighted by molar-refractivity contribution is 0.145. The molecule has 0 aliphatic heterocycles. The number of hydrogen-bond acceptors (Lipinski definition) is 5. The van der Waals surface area contributed by atoms with Gasteiger partial charge in [0.25, 0.3) is 0 Å². The Labute approximate surface area is 114 Å². The summed E-state index contributed by atoms with van der Waals surface area (Å²) in [6.07, 6.45) is 3.00. The van der Waals surface area contributed by atoms with Crippen LogP contribution in [0.15, 0.2) is 0 Å². The molecule has 0 spiro atoms. The lowest BCUT2D eigenvalue weighted by Crippen LogP contribution is -2.22. The summed E-state index contributed by atoms with van der Waals surface area (Å²) in [4.78, 5) is 0. The van der Waals surface area contributed by atoms with Crippen LogP contribution in [-0.4, -0.2) is 36.5 Å². The Balaban J connectivity index is 2.13. The summed E-state index contributed by atoms with van der Waals surface area (Å²) in [5, 5.41) is 14.1. The van der Waals surface area contributed by atoms with Gasteiger partial charge in [-0.05, 0) is 25.8 Å². The zero-order chi connectivity index (χ0) is 13.2. The molecule has 1 rings (SSSR count). The molecule has 0 unspecified atom stereocenters. The summed E-state index contributed by atoms with van der Waals surface area (Å²) in [6, 6.07) is 0. The van der Waals surface area contributed by atoms with E-state index >= 15 is 0 Å². The quantitative estimate of drug-likeness (QED) is 0.663. The van der Waals surface area contributed by atoms with Crippen molar-refractivity contribution in [2.24, 2.45) is 5.92 Å². The second-order valence-electron chi connectivity index (χ2n) is 4.74. The Kier molecular flexibility index (Phi) is 8.13. The van der Waals surface area contributed by atoms with Gasteiger partial charge in [0.1, 0.15) is 10.0 Å². The molecule has 5 heteroatoms. The van der Waals surface area contributed by atoms with E-state index in [4.69, 9.17) is 4.74 Å². The molecule has 0 aliphatic rings. The summed E-state index contributed by atoms with van der Waals surface area (Å²) in [5.74, 6) is 0.702. The lowest BCUT2D eigenvalue weighted by Gasteiger charge is -2.05. The van der Waals surface area contributed by atoms with Gasteiger partial charge in [-0.1, -0.05) is 13.8 Å². The van der Waals surface area contributed by atoms with E-state index in [9.17, 15) is 0 Å². The zero-order valence-corrected chi connectivity index (χ0v) is 12.6. The average Bonchev–Trinajstić information content (AvgIpc) is 2.78. The molecule has 0 aromatic carbocycles. The molecule has 0 saturated carbocycles. The zero-order valence-electron chi connectivity index (χ0n) is 11.7. The summed E-state index contributed by atoms with van der Waals surface area (Å²) in [6.45, 7) is 10.1. The summed E-state index contributed by atoms with van der Waals surface area (Å²) in [7, 11) is 0. The average molecular weight is 271 g/mol. The van der Waals surface area contributed by atoms with Crippen LogP contribution in [0.2, 0.25) is 0 Å². The molecule has 0 fully saturated rings. The van der Waals surface area contributed by atoms with E-state index in [-0.39, 0.29) is 0 Å². The number of aromatic nitrogens is 2. The Morgan fingerprint density at radius 2 is 1.94 bits per heavy atom. The smallest absolute Gasteiger partial charge is 0.118 e. The molecule has 0 saturated heterocycles. The normalized spacial score (nSPS) is 11.3. The third-order valence-corrected chi connectivity index (χ3v) is 3.50. The van der Waals surface area contributed by atoms with Crippen LogP contribution in [-0.2, 0) is 17.6 Å². The van der Waals surface area contributed by atoms with E-state index in [1.165, 1.54) is 0 Å². The highest BCUT2D eigenvalue weighted by molar-refractivity contribution is 7.11. The van der Waals surface area contributed by atoms with Crippen molar-refractivity contribution >= 4 is 11.3 Å². The maximum atomic E-state index is 5.31. The van der Waals surface area contributed by atoms with Gasteiger partial charge in [0.15, 0.2) is 0 Å². The van der Waals surface area contributed by atoms with Gasteiger partial charge in [-0.2, -0.15) is 0 Å². The fraction of sp³-hybridized carbons (Fsp3) is 0.846. The number of ether oxygens (including phenoxy) is 1. The van der Waals surface area contributed by atoms with Crippen LogP contribution in [0.4, 0.5) is 0 Å². The Morgan fingerprint density at radius 1 is 1.22 bits per heavy atom. The van der Waals surface area contributed by atoms with Crippen LogP contribution in [0.1, 0.15) is 37.2 Å². The van der Waals surface area contributed by atoms with Gasteiger partial charge >= 0.3 is 0 Å². The van der Waals surface area contributed by atoms with E-state index in [2.05, 4.69) is 29.4 Å². The van der Waals surface area contributed by atoms with Crippen molar-refractivity contribution in [3.63, 3.8) is 0 Å². The van der Waals surface area contributed by atoms with Crippen molar-refractivity contribution in [3.8, 4) is 0 Å². The number of rotatable bonds is 10. The first-order chi connectivity index (χ1) is 8.72. The fourth-order valence-electron chi connectivity index (χ4n) is 1.55. The first kappa shape index (κ1) is 15.5. The minimum atomic E-state index is 0.702. The molecule has 0 atom stereocenters. The van der Waals surface area contributed by atoms with Crippen molar-refractivity contribution < 1.29 is 4.74 Å². The van der Waals surface area contributed by atoms with Crippen molar-refractivity contribution in [1.82, 2.24) is 15.5 Å². The number of nitrogens with zero attached hydrogens (tertiary/aromatic N) is 2. The summed E-state index contributed by atoms with van der Waals surface area (Å²) >= 11 is 1.73. The largest absolute Gasteiger partial charge is 0.382 e. The molecular weight excluding hydrogens is 246 g/mol. The van der Waals surface area contributed by atoms with E-state index < -0.39 is 0 Å². The van der Waals surface area contributed by atoms with Crippen LogP contribution < -0.4 is 5.32 Å². The highest BCUT2D eigenvalue weighted by Crippen LogP contribution is 2.12. The number of nitrogens with one attached hydrogen (secondary N) is 1. The van der Waals surface area contributed by atoms with Gasteiger partial charge in [0.05, 0.1) is 0 Å². The minimum Gasteiger partial charge on any atom is -0.382 e. The molecule has 4 nitrogen and oxygen atoms in total. The maximum absolute atomic E-state index is 5.31. The van der Waals surface area contributed by atoms with Crippen LogP contribution in [0, 0.1) is 5.92 Å². The Morgan fingerprint density at radius 3 is 2.61 bits per heavy atom. The van der Waals surface area contributed by atoms with Gasteiger partial charge < -0.3 is 10.1 Å². The first-order valence-corrected chi connectivity index (χ1v) is 7.63. The molecule has 0 radical (unpaired) electrons. The second kappa shape index (κ2) is 9.42. The number of aryl methyl sites for hydroxylation is 1. The van der Waals surface area contributed by atoms with Gasteiger partial charge in [-0.25, -0.2) is 0 Å². The van der Waals surface area contributed by atoms with Crippen LogP contribution in [0.5, 0.6) is 0 Å². The van der Waals surface area contributed by atoms with Crippen molar-refractivity contribution in [3.05, 3.63) is 10.0 Å². The SMILES string of the molecule is CCOCCCc1nnc(CCNCC(C)C)s1. The Hall–Kier alpha value is -0.520. The van der Waals surface area contributed by atoms with Gasteiger partial charge in [0.2, 0.25) is 0 Å². The highest BCUT2D eigenvalue weighted by atomic mass is 32.1. The van der Waals surface area contributed by atoms with Crippen LogP contribution in [0.25, 0.3) is 0 Å². The van der Waals surface area contributed by atoms with Crippen LogP contribution in [0.3, 0.4) is 0 Å². The monoisotopic (exact) mass is 271 g/mol. The predicted octanol–water partition coefficient (Wildman–Crippen LogP) is 2.30. The third kappa shape index (κ3) is 7.03. The lowest BCUT2D eigenvalue weighted by atomic mass is 10.2. The summed E-state index contributed by atoms with van der Waals surface area (Å²) in [5.41, 5.74) is 0. The number of hydrogen-bond donors (Lipinski definition) is 1. The van der Waals surface area contributed by atoms with Gasteiger partial charge in [0, 0.05) is 32.6 Å². The second-order valence-corrected chi connectivity index (χ2v) is 5.88. The molecule has 1 aromatic rings. The van der Waals surface area contributed by atoms with E-state index in [1.54, 1.807) is 11.3 Å². The first-order valence-electron chi connectivity index (χ1n) is 6.82. The van der Waals surface area contributed by atoms with E-state index in [1.807, 2.05) is 6.92 Å². The fourth-order valence-corrected chi connectivity index (χ4v) is 2.43. The molecule has 1 N–H and O–H groups in total. The molecule has 18 heavy (non-hydrogen) atoms. The Bertz CT molecular complexity index is 315. The molecular formula is C13H25N3OS. The van der Waals surface area contributed by atoms with E-state index in [0.717, 1.165) is 55.6 Å². The standard InChI is InChI=1S/C13H25N3OS/c1-4-17-9-5-6-12-15-16-13(18-12)7-8-14-10-11(2)3/h11,14H,4-10H2,1-3H3. The van der Waals surface area contributed by atoms with Gasteiger partial charge in [-0.3, -0.25) is 0 Å². The van der Waals surface area contributed by atoms with Crippen molar-refractivity contribution in [2.75, 3.05) is 26.3 Å². The molecule has 104 valence electrons. The minimum absolute atomic E-state index is 0.702. The van der Waals surface area contributed by atoms with Crippen LogP contribution >= 0.6 is 11.3 Å². The molecule has 1 heterocycles. The summed E-state index contributed by atoms with van der Waals surface area (Å²) < 4.78 is 5.31. The topological polar surface area (TPSA) is 47.0 Å². The molecule has 1 aromatic heterocycles. The van der Waals surface area contributed by atoms with E-state index in [0.29, 0.717) is 5.92 Å². The highest BCUT2D eigenvalue weighted by Gasteiger charge is 2.04. The third-order valence-electron chi connectivity index (χ3n) is 2.46. The molecule has 0 amide bonds. The van der Waals surface area contributed by atoms with Gasteiger partial charge in [-0.15, -0.1) is 21.5 Å².